The first kappa shape index (κ1) is 13.0. The molecule has 0 aliphatic heterocycles. The summed E-state index contributed by atoms with van der Waals surface area (Å²) < 4.78 is 7.05. The topological polar surface area (TPSA) is 76.9 Å². The lowest BCUT2D eigenvalue weighted by Gasteiger charge is -2.07. The summed E-state index contributed by atoms with van der Waals surface area (Å²) in [6.07, 6.45) is 0. The van der Waals surface area contributed by atoms with Crippen molar-refractivity contribution in [3.8, 4) is 11.8 Å². The Labute approximate surface area is 122 Å². The van der Waals surface area contributed by atoms with Gasteiger partial charge < -0.3 is 15.0 Å². The molecule has 104 valence electrons. The number of imidazole rings is 1. The van der Waals surface area contributed by atoms with Gasteiger partial charge in [-0.2, -0.15) is 5.26 Å². The number of hydrogen-bond acceptors (Lipinski definition) is 4. The quantitative estimate of drug-likeness (QED) is 0.798. The third kappa shape index (κ3) is 2.39. The Hall–Kier alpha value is -3.00. The summed E-state index contributed by atoms with van der Waals surface area (Å²) >= 11 is 0. The fourth-order valence-corrected chi connectivity index (χ4v) is 2.29. The SMILES string of the molecule is COc1ccc(Cn2c(N)nc3ccc(C#N)cc32)cc1. The molecule has 21 heavy (non-hydrogen) atoms. The van der Waals surface area contributed by atoms with E-state index in [2.05, 4.69) is 11.1 Å². The van der Waals surface area contributed by atoms with Gasteiger partial charge in [-0.05, 0) is 35.9 Å². The molecular weight excluding hydrogens is 264 g/mol. The zero-order valence-electron chi connectivity index (χ0n) is 11.6. The molecule has 5 heteroatoms. The van der Waals surface area contributed by atoms with E-state index < -0.39 is 0 Å². The van der Waals surface area contributed by atoms with Crippen molar-refractivity contribution in [1.29, 1.82) is 5.26 Å². The molecule has 0 amide bonds. The molecule has 0 unspecified atom stereocenters. The lowest BCUT2D eigenvalue weighted by Crippen LogP contribution is -2.04. The van der Waals surface area contributed by atoms with Crippen LogP contribution in [0.3, 0.4) is 0 Å². The minimum absolute atomic E-state index is 0.441. The van der Waals surface area contributed by atoms with Gasteiger partial charge in [-0.25, -0.2) is 4.98 Å². The molecular formula is C16H14N4O. The van der Waals surface area contributed by atoms with Gasteiger partial charge in [0.1, 0.15) is 5.75 Å². The zero-order chi connectivity index (χ0) is 14.8. The van der Waals surface area contributed by atoms with Crippen LogP contribution in [0.5, 0.6) is 5.75 Å². The third-order valence-electron chi connectivity index (χ3n) is 3.41. The van der Waals surface area contributed by atoms with Crippen LogP contribution in [0, 0.1) is 11.3 Å². The van der Waals surface area contributed by atoms with Gasteiger partial charge in [-0.3, -0.25) is 0 Å². The summed E-state index contributed by atoms with van der Waals surface area (Å²) in [5.74, 6) is 1.25. The minimum Gasteiger partial charge on any atom is -0.497 e. The van der Waals surface area contributed by atoms with Gasteiger partial charge in [-0.15, -0.1) is 0 Å². The Bertz CT molecular complexity index is 828. The van der Waals surface area contributed by atoms with E-state index >= 15 is 0 Å². The van der Waals surface area contributed by atoms with E-state index in [-0.39, 0.29) is 0 Å². The van der Waals surface area contributed by atoms with Crippen LogP contribution < -0.4 is 10.5 Å². The van der Waals surface area contributed by atoms with Crippen molar-refractivity contribution >= 4 is 17.0 Å². The van der Waals surface area contributed by atoms with Gasteiger partial charge in [-0.1, -0.05) is 12.1 Å². The van der Waals surface area contributed by atoms with Gasteiger partial charge in [0.2, 0.25) is 5.95 Å². The molecule has 3 aromatic rings. The highest BCUT2D eigenvalue weighted by atomic mass is 16.5. The van der Waals surface area contributed by atoms with E-state index in [1.807, 2.05) is 41.0 Å². The number of anilines is 1. The molecule has 2 N–H and O–H groups in total. The molecule has 0 bridgehead atoms. The smallest absolute Gasteiger partial charge is 0.201 e. The number of benzene rings is 2. The van der Waals surface area contributed by atoms with Crippen molar-refractivity contribution in [3.63, 3.8) is 0 Å². The number of nitrogens with zero attached hydrogens (tertiary/aromatic N) is 3. The van der Waals surface area contributed by atoms with Crippen molar-refractivity contribution in [2.75, 3.05) is 12.8 Å². The summed E-state index contributed by atoms with van der Waals surface area (Å²) in [6.45, 7) is 0.598. The molecule has 5 nitrogen and oxygen atoms in total. The van der Waals surface area contributed by atoms with Crippen LogP contribution in [0.15, 0.2) is 42.5 Å². The molecule has 1 heterocycles. The molecule has 0 atom stereocenters. The largest absolute Gasteiger partial charge is 0.497 e. The monoisotopic (exact) mass is 278 g/mol. The van der Waals surface area contributed by atoms with E-state index in [9.17, 15) is 0 Å². The Morgan fingerprint density at radius 2 is 2.00 bits per heavy atom. The summed E-state index contributed by atoms with van der Waals surface area (Å²) in [5, 5.41) is 9.02. The van der Waals surface area contributed by atoms with E-state index in [4.69, 9.17) is 15.7 Å². The lowest BCUT2D eigenvalue weighted by atomic mass is 10.2. The van der Waals surface area contributed by atoms with Crippen LogP contribution in [0.2, 0.25) is 0 Å². The molecule has 0 spiro atoms. The van der Waals surface area contributed by atoms with Crippen LogP contribution in [0.25, 0.3) is 11.0 Å². The normalized spacial score (nSPS) is 10.5. The van der Waals surface area contributed by atoms with Crippen molar-refractivity contribution in [2.24, 2.45) is 0 Å². The average Bonchev–Trinajstić information content (AvgIpc) is 2.83. The van der Waals surface area contributed by atoms with Crippen molar-refractivity contribution < 1.29 is 4.74 Å². The third-order valence-corrected chi connectivity index (χ3v) is 3.41. The molecule has 3 rings (SSSR count). The predicted octanol–water partition coefficient (Wildman–Crippen LogP) is 2.55. The summed E-state index contributed by atoms with van der Waals surface area (Å²) in [5.41, 5.74) is 9.33. The zero-order valence-corrected chi connectivity index (χ0v) is 11.6. The lowest BCUT2D eigenvalue weighted by molar-refractivity contribution is 0.414. The van der Waals surface area contributed by atoms with Crippen molar-refractivity contribution in [3.05, 3.63) is 53.6 Å². The van der Waals surface area contributed by atoms with E-state index in [0.717, 1.165) is 22.3 Å². The number of aromatic nitrogens is 2. The number of nitrogen functional groups attached to an aromatic ring is 1. The van der Waals surface area contributed by atoms with Gasteiger partial charge in [0.15, 0.2) is 0 Å². The summed E-state index contributed by atoms with van der Waals surface area (Å²) in [6, 6.07) is 15.3. The number of rotatable bonds is 3. The Balaban J connectivity index is 2.02. The molecule has 0 radical (unpaired) electrons. The molecule has 2 aromatic carbocycles. The highest BCUT2D eigenvalue weighted by Gasteiger charge is 2.09. The highest BCUT2D eigenvalue weighted by molar-refractivity contribution is 5.80. The van der Waals surface area contributed by atoms with Gasteiger partial charge in [0.25, 0.3) is 0 Å². The Morgan fingerprint density at radius 1 is 1.24 bits per heavy atom. The first-order valence-electron chi connectivity index (χ1n) is 6.50. The maximum absolute atomic E-state index is 9.02. The maximum atomic E-state index is 9.02. The van der Waals surface area contributed by atoms with Crippen LogP contribution >= 0.6 is 0 Å². The number of ether oxygens (including phenoxy) is 1. The molecule has 0 aliphatic rings. The van der Waals surface area contributed by atoms with Crippen LogP contribution in [-0.4, -0.2) is 16.7 Å². The maximum Gasteiger partial charge on any atom is 0.201 e. The number of nitrogens with two attached hydrogens (primary N) is 1. The fraction of sp³-hybridized carbons (Fsp3) is 0.125. The molecule has 0 fully saturated rings. The Morgan fingerprint density at radius 3 is 2.67 bits per heavy atom. The van der Waals surface area contributed by atoms with E-state index in [1.54, 1.807) is 13.2 Å². The summed E-state index contributed by atoms with van der Waals surface area (Å²) in [4.78, 5) is 4.33. The predicted molar refractivity (Wildman–Crippen MR) is 81.0 cm³/mol. The van der Waals surface area contributed by atoms with Crippen LogP contribution in [0.1, 0.15) is 11.1 Å². The first-order chi connectivity index (χ1) is 10.2. The molecule has 0 aliphatic carbocycles. The van der Waals surface area contributed by atoms with Crippen LogP contribution in [-0.2, 0) is 6.54 Å². The molecule has 1 aromatic heterocycles. The Kier molecular flexibility index (Phi) is 3.20. The minimum atomic E-state index is 0.441. The second-order valence-corrected chi connectivity index (χ2v) is 4.72. The number of hydrogen-bond donors (Lipinski definition) is 1. The second-order valence-electron chi connectivity index (χ2n) is 4.72. The van der Waals surface area contributed by atoms with Gasteiger partial charge in [0.05, 0.1) is 36.3 Å². The van der Waals surface area contributed by atoms with Gasteiger partial charge >= 0.3 is 0 Å². The fourth-order valence-electron chi connectivity index (χ4n) is 2.29. The first-order valence-corrected chi connectivity index (χ1v) is 6.50. The number of nitriles is 1. The highest BCUT2D eigenvalue weighted by Crippen LogP contribution is 2.21. The van der Waals surface area contributed by atoms with E-state index in [1.165, 1.54) is 0 Å². The van der Waals surface area contributed by atoms with Crippen LogP contribution in [0.4, 0.5) is 5.95 Å². The average molecular weight is 278 g/mol. The molecule has 0 saturated carbocycles. The summed E-state index contributed by atoms with van der Waals surface area (Å²) in [7, 11) is 1.64. The second kappa shape index (κ2) is 5.17. The van der Waals surface area contributed by atoms with Crippen molar-refractivity contribution in [2.45, 2.75) is 6.54 Å². The number of methoxy groups -OCH3 is 1. The standard InChI is InChI=1S/C16H14N4O/c1-21-13-5-2-11(3-6-13)10-20-15-8-12(9-17)4-7-14(15)19-16(20)18/h2-8H,10H2,1H3,(H2,18,19). The van der Waals surface area contributed by atoms with Gasteiger partial charge in [0, 0.05) is 0 Å². The number of fused-ring (bicyclic) bond motifs is 1. The van der Waals surface area contributed by atoms with Crippen molar-refractivity contribution in [1.82, 2.24) is 9.55 Å². The van der Waals surface area contributed by atoms with E-state index in [0.29, 0.717) is 18.1 Å². The molecule has 0 saturated heterocycles.